The third-order valence-corrected chi connectivity index (χ3v) is 3.57. The van der Waals surface area contributed by atoms with Crippen LogP contribution in [-0.2, 0) is 0 Å². The summed E-state index contributed by atoms with van der Waals surface area (Å²) in [5, 5.41) is 2.69. The Morgan fingerprint density at radius 1 is 1.21 bits per heavy atom. The topological polar surface area (TPSA) is 88.0 Å². The van der Waals surface area contributed by atoms with Crippen molar-refractivity contribution in [2.75, 3.05) is 11.1 Å². The van der Waals surface area contributed by atoms with E-state index in [0.717, 1.165) is 0 Å². The molecular weight excluding hydrogens is 378 g/mol. The van der Waals surface area contributed by atoms with E-state index in [1.807, 2.05) is 0 Å². The number of hydrogen-bond acceptors (Lipinski definition) is 3. The van der Waals surface area contributed by atoms with Crippen LogP contribution in [0.4, 0.5) is 11.4 Å². The van der Waals surface area contributed by atoms with Crippen molar-refractivity contribution in [3.63, 3.8) is 0 Å². The molecule has 0 radical (unpaired) electrons. The lowest BCUT2D eigenvalue weighted by Crippen LogP contribution is -2.18. The van der Waals surface area contributed by atoms with Crippen LogP contribution in [0.1, 0.15) is 10.5 Å². The maximum atomic E-state index is 12.0. The third-order valence-electron chi connectivity index (χ3n) is 2.32. The van der Waals surface area contributed by atoms with Crippen LogP contribution in [0.5, 0.6) is 0 Å². The van der Waals surface area contributed by atoms with Crippen molar-refractivity contribution in [2.45, 2.75) is 0 Å². The molecule has 1 aromatic carbocycles. The number of pyridine rings is 1. The minimum absolute atomic E-state index is 0.183. The lowest BCUT2D eigenvalue weighted by Gasteiger charge is -2.10. The molecule has 0 saturated carbocycles. The number of rotatable bonds is 2. The first kappa shape index (κ1) is 13.8. The normalized spacial score (nSPS) is 10.2. The predicted molar refractivity (Wildman–Crippen MR) is 81.3 cm³/mol. The summed E-state index contributed by atoms with van der Waals surface area (Å²) >= 11 is 6.63. The second-order valence-corrected chi connectivity index (χ2v) is 5.45. The number of amides is 1. The van der Waals surface area contributed by atoms with Crippen LogP contribution in [0.15, 0.2) is 44.1 Å². The van der Waals surface area contributed by atoms with E-state index in [0.29, 0.717) is 20.3 Å². The van der Waals surface area contributed by atoms with E-state index in [1.165, 1.54) is 18.2 Å². The Labute approximate surface area is 125 Å². The van der Waals surface area contributed by atoms with Crippen molar-refractivity contribution in [1.82, 2.24) is 4.98 Å². The molecule has 0 spiro atoms. The fraction of sp³-hybridized carbons (Fsp3) is 0. The predicted octanol–water partition coefficient (Wildman–Crippen LogP) is 2.73. The molecule has 2 aromatic rings. The van der Waals surface area contributed by atoms with Crippen LogP contribution >= 0.6 is 31.9 Å². The molecule has 4 N–H and O–H groups in total. The molecule has 0 fully saturated rings. The highest BCUT2D eigenvalue weighted by atomic mass is 79.9. The summed E-state index contributed by atoms with van der Waals surface area (Å²) in [5.74, 6) is -0.413. The molecule has 0 aliphatic rings. The van der Waals surface area contributed by atoms with Gasteiger partial charge in [0, 0.05) is 20.7 Å². The van der Waals surface area contributed by atoms with Crippen molar-refractivity contribution >= 4 is 49.1 Å². The van der Waals surface area contributed by atoms with Gasteiger partial charge in [-0.15, -0.1) is 0 Å². The van der Waals surface area contributed by atoms with E-state index >= 15 is 0 Å². The van der Waals surface area contributed by atoms with Crippen LogP contribution in [0, 0.1) is 0 Å². The number of anilines is 2. The molecule has 19 heavy (non-hydrogen) atoms. The van der Waals surface area contributed by atoms with Gasteiger partial charge in [-0.2, -0.15) is 0 Å². The molecular formula is C12H9Br2N3O2. The fourth-order valence-electron chi connectivity index (χ4n) is 1.47. The van der Waals surface area contributed by atoms with Crippen LogP contribution in [0.3, 0.4) is 0 Å². The van der Waals surface area contributed by atoms with Gasteiger partial charge in [0.25, 0.3) is 5.91 Å². The van der Waals surface area contributed by atoms with E-state index < -0.39 is 5.91 Å². The zero-order chi connectivity index (χ0) is 14.0. The Balaban J connectivity index is 2.32. The van der Waals surface area contributed by atoms with Crippen molar-refractivity contribution < 1.29 is 4.79 Å². The first-order valence-corrected chi connectivity index (χ1v) is 6.81. The maximum absolute atomic E-state index is 12.0. The number of nitrogens with two attached hydrogens (primary N) is 1. The molecule has 1 aromatic heterocycles. The molecule has 5 nitrogen and oxygen atoms in total. The second kappa shape index (κ2) is 5.58. The van der Waals surface area contributed by atoms with Gasteiger partial charge in [0.2, 0.25) is 5.56 Å². The summed E-state index contributed by atoms with van der Waals surface area (Å²) in [6.45, 7) is 0. The molecule has 0 atom stereocenters. The van der Waals surface area contributed by atoms with E-state index in [-0.39, 0.29) is 11.3 Å². The smallest absolute Gasteiger partial charge is 0.272 e. The maximum Gasteiger partial charge on any atom is 0.272 e. The number of aromatic amines is 1. The SMILES string of the molecule is Nc1cc(Br)c(NC(=O)c2cccc(=O)[nH]2)c(Br)c1. The van der Waals surface area contributed by atoms with Crippen molar-refractivity contribution in [3.05, 3.63) is 55.3 Å². The van der Waals surface area contributed by atoms with Gasteiger partial charge in [-0.3, -0.25) is 9.59 Å². The molecule has 0 bridgehead atoms. The number of nitrogen functional groups attached to an aromatic ring is 1. The summed E-state index contributed by atoms with van der Waals surface area (Å²) in [6.07, 6.45) is 0. The summed E-state index contributed by atoms with van der Waals surface area (Å²) < 4.78 is 1.29. The Morgan fingerprint density at radius 3 is 2.42 bits per heavy atom. The summed E-state index contributed by atoms with van der Waals surface area (Å²) in [7, 11) is 0. The van der Waals surface area contributed by atoms with Gasteiger partial charge < -0.3 is 16.0 Å². The Kier molecular flexibility index (Phi) is 4.06. The molecule has 2 rings (SSSR count). The monoisotopic (exact) mass is 385 g/mol. The number of H-pyrrole nitrogens is 1. The largest absolute Gasteiger partial charge is 0.399 e. The zero-order valence-corrected chi connectivity index (χ0v) is 12.7. The number of nitrogens with one attached hydrogen (secondary N) is 2. The molecule has 1 heterocycles. The summed E-state index contributed by atoms with van der Waals surface area (Å²) in [5.41, 5.74) is 6.63. The lowest BCUT2D eigenvalue weighted by atomic mass is 10.2. The number of benzene rings is 1. The van der Waals surface area contributed by atoms with Crippen LogP contribution in [-0.4, -0.2) is 10.9 Å². The summed E-state index contributed by atoms with van der Waals surface area (Å²) in [4.78, 5) is 25.6. The molecule has 1 amide bonds. The van der Waals surface area contributed by atoms with Crippen molar-refractivity contribution in [1.29, 1.82) is 0 Å². The molecule has 0 saturated heterocycles. The van der Waals surface area contributed by atoms with Gasteiger partial charge in [0.15, 0.2) is 0 Å². The molecule has 7 heteroatoms. The third kappa shape index (κ3) is 3.24. The highest BCUT2D eigenvalue weighted by Gasteiger charge is 2.12. The Hall–Kier alpha value is -1.60. The minimum Gasteiger partial charge on any atom is -0.399 e. The van der Waals surface area contributed by atoms with Gasteiger partial charge >= 0.3 is 0 Å². The van der Waals surface area contributed by atoms with Crippen LogP contribution in [0.25, 0.3) is 0 Å². The van der Waals surface area contributed by atoms with Gasteiger partial charge in [0.1, 0.15) is 5.69 Å². The standard InChI is InChI=1S/C12H9Br2N3O2/c13-7-4-6(15)5-8(14)11(7)17-12(19)9-2-1-3-10(18)16-9/h1-5H,15H2,(H,16,18)(H,17,19). The van der Waals surface area contributed by atoms with Gasteiger partial charge in [-0.25, -0.2) is 0 Å². The fourth-order valence-corrected chi connectivity index (χ4v) is 2.89. The minimum atomic E-state index is -0.413. The van der Waals surface area contributed by atoms with E-state index in [1.54, 1.807) is 12.1 Å². The van der Waals surface area contributed by atoms with E-state index in [2.05, 4.69) is 42.2 Å². The van der Waals surface area contributed by atoms with Crippen molar-refractivity contribution in [2.24, 2.45) is 0 Å². The Morgan fingerprint density at radius 2 is 1.84 bits per heavy atom. The first-order chi connectivity index (χ1) is 8.97. The lowest BCUT2D eigenvalue weighted by molar-refractivity contribution is 0.102. The Bertz CT molecular complexity index is 674. The molecule has 0 unspecified atom stereocenters. The van der Waals surface area contributed by atoms with Gasteiger partial charge in [-0.1, -0.05) is 6.07 Å². The first-order valence-electron chi connectivity index (χ1n) is 5.22. The number of hydrogen-bond donors (Lipinski definition) is 3. The van der Waals surface area contributed by atoms with Gasteiger partial charge in [-0.05, 0) is 50.1 Å². The van der Waals surface area contributed by atoms with E-state index in [9.17, 15) is 9.59 Å². The molecule has 98 valence electrons. The molecule has 0 aliphatic carbocycles. The highest BCUT2D eigenvalue weighted by Crippen LogP contribution is 2.33. The summed E-state index contributed by atoms with van der Waals surface area (Å²) in [6, 6.07) is 7.73. The quantitative estimate of drug-likeness (QED) is 0.693. The average molecular weight is 387 g/mol. The number of carbonyl (C=O) groups excluding carboxylic acids is 1. The number of aromatic nitrogens is 1. The van der Waals surface area contributed by atoms with Crippen molar-refractivity contribution in [3.8, 4) is 0 Å². The van der Waals surface area contributed by atoms with Crippen LogP contribution in [0.2, 0.25) is 0 Å². The molecule has 0 aliphatic heterocycles. The van der Waals surface area contributed by atoms with E-state index in [4.69, 9.17) is 5.73 Å². The number of carbonyl (C=O) groups is 1. The number of halogens is 2. The zero-order valence-electron chi connectivity index (χ0n) is 9.54. The average Bonchev–Trinajstić information content (AvgIpc) is 2.33. The van der Waals surface area contributed by atoms with Gasteiger partial charge in [0.05, 0.1) is 5.69 Å². The van der Waals surface area contributed by atoms with Crippen LogP contribution < -0.4 is 16.6 Å². The highest BCUT2D eigenvalue weighted by molar-refractivity contribution is 9.11. The second-order valence-electron chi connectivity index (χ2n) is 3.74.